The molecule has 0 aliphatic carbocycles. The first-order valence-corrected chi connectivity index (χ1v) is 7.00. The lowest BCUT2D eigenvalue weighted by atomic mass is 10.2. The van der Waals surface area contributed by atoms with Crippen LogP contribution >= 0.6 is 23.8 Å². The van der Waals surface area contributed by atoms with Crippen LogP contribution in [0.2, 0.25) is 5.02 Å². The van der Waals surface area contributed by atoms with Gasteiger partial charge < -0.3 is 4.74 Å². The molecule has 6 heteroatoms. The number of fused-ring (bicyclic) bond motifs is 2. The second-order valence-corrected chi connectivity index (χ2v) is 5.06. The van der Waals surface area contributed by atoms with E-state index in [0.29, 0.717) is 16.9 Å². The number of hydrogen-bond donors (Lipinski definition) is 0. The molecule has 0 atom stereocenters. The molecule has 4 nitrogen and oxygen atoms in total. The third kappa shape index (κ3) is 3.32. The van der Waals surface area contributed by atoms with Crippen LogP contribution in [0, 0.1) is 0 Å². The molecule has 0 amide bonds. The van der Waals surface area contributed by atoms with E-state index in [1.165, 1.54) is 0 Å². The molecule has 2 aliphatic heterocycles. The zero-order chi connectivity index (χ0) is 14.7. The third-order valence-electron chi connectivity index (χ3n) is 2.81. The van der Waals surface area contributed by atoms with E-state index in [4.69, 9.17) is 28.6 Å². The molecule has 2 heterocycles. The quantitative estimate of drug-likeness (QED) is 0.701. The van der Waals surface area contributed by atoms with E-state index < -0.39 is 0 Å². The molecule has 0 saturated carbocycles. The van der Waals surface area contributed by atoms with Crippen molar-refractivity contribution in [3.05, 3.63) is 63.8 Å². The van der Waals surface area contributed by atoms with E-state index in [1.807, 2.05) is 36.4 Å². The zero-order valence-electron chi connectivity index (χ0n) is 10.9. The van der Waals surface area contributed by atoms with Crippen molar-refractivity contribution in [1.29, 1.82) is 0 Å². The van der Waals surface area contributed by atoms with Crippen LogP contribution < -0.4 is 15.5 Å². The second kappa shape index (κ2) is 6.11. The van der Waals surface area contributed by atoms with Crippen LogP contribution in [0.4, 0.5) is 0 Å². The molecule has 0 fully saturated rings. The number of halogens is 1. The van der Waals surface area contributed by atoms with E-state index in [-0.39, 0.29) is 0 Å². The summed E-state index contributed by atoms with van der Waals surface area (Å²) in [5, 5.41) is 2.90. The fourth-order valence-corrected chi connectivity index (χ4v) is 2.26. The van der Waals surface area contributed by atoms with Gasteiger partial charge in [0.1, 0.15) is 5.75 Å². The minimum Gasteiger partial charge on any atom is -0.471 e. The number of benzene rings is 2. The summed E-state index contributed by atoms with van der Waals surface area (Å²) in [5.74, 6) is 0.851. The summed E-state index contributed by atoms with van der Waals surface area (Å²) in [6.07, 6.45) is 1.77. The predicted octanol–water partition coefficient (Wildman–Crippen LogP) is 2.33. The van der Waals surface area contributed by atoms with E-state index in [1.54, 1.807) is 12.3 Å². The standard InChI is InChI=1S/C8H6ClNO.C7H4N2S/c9-7-1-2-8-6(3-7)4-10-5-11-8;10-7-8-5-3-1-2-4-6(5)9-7/h1-4H,5H2;1-4H. The van der Waals surface area contributed by atoms with Gasteiger partial charge in [0.25, 0.3) is 0 Å². The molecular weight excluding hydrogens is 306 g/mol. The molecule has 21 heavy (non-hydrogen) atoms. The first kappa shape index (κ1) is 13.9. The van der Waals surface area contributed by atoms with Crippen molar-refractivity contribution in [2.75, 3.05) is 6.73 Å². The number of ether oxygens (including phenoxy) is 1. The number of thiocarbonyl (C=S) groups is 1. The number of rotatable bonds is 0. The second-order valence-electron chi connectivity index (χ2n) is 4.26. The van der Waals surface area contributed by atoms with E-state index >= 15 is 0 Å². The molecule has 0 spiro atoms. The Morgan fingerprint density at radius 1 is 1.05 bits per heavy atom. The van der Waals surface area contributed by atoms with Gasteiger partial charge in [-0.15, -0.1) is 0 Å². The van der Waals surface area contributed by atoms with Crippen molar-refractivity contribution in [3.63, 3.8) is 0 Å². The lowest BCUT2D eigenvalue weighted by Crippen LogP contribution is -2.19. The summed E-state index contributed by atoms with van der Waals surface area (Å²) in [6, 6.07) is 13.1. The predicted molar refractivity (Wildman–Crippen MR) is 85.9 cm³/mol. The van der Waals surface area contributed by atoms with Gasteiger partial charge in [-0.2, -0.15) is 0 Å². The molecule has 0 N–H and O–H groups in total. The maximum absolute atomic E-state index is 5.76. The number of nitrogens with zero attached hydrogens (tertiary/aromatic N) is 3. The summed E-state index contributed by atoms with van der Waals surface area (Å²) < 4.78 is 5.22. The van der Waals surface area contributed by atoms with Crippen LogP contribution in [0.15, 0.2) is 57.4 Å². The van der Waals surface area contributed by atoms with Gasteiger partial charge in [0.05, 0.1) is 10.7 Å². The molecule has 0 unspecified atom stereocenters. The molecule has 2 aromatic rings. The molecule has 2 aromatic carbocycles. The van der Waals surface area contributed by atoms with Gasteiger partial charge in [-0.3, -0.25) is 4.99 Å². The minimum atomic E-state index is 0.411. The van der Waals surface area contributed by atoms with Crippen molar-refractivity contribution in [2.45, 2.75) is 0 Å². The largest absolute Gasteiger partial charge is 0.471 e. The van der Waals surface area contributed by atoms with Crippen LogP contribution in [0.5, 0.6) is 5.75 Å². The van der Waals surface area contributed by atoms with Crippen LogP contribution in [0.25, 0.3) is 0 Å². The van der Waals surface area contributed by atoms with Crippen molar-refractivity contribution < 1.29 is 4.74 Å². The summed E-state index contributed by atoms with van der Waals surface area (Å²) in [7, 11) is 0. The summed E-state index contributed by atoms with van der Waals surface area (Å²) in [6.45, 7) is 0.411. The van der Waals surface area contributed by atoms with E-state index in [0.717, 1.165) is 22.0 Å². The normalized spacial score (nSPS) is 13.9. The maximum atomic E-state index is 5.76. The highest BCUT2D eigenvalue weighted by molar-refractivity contribution is 7.80. The Hall–Kier alpha value is -2.11. The van der Waals surface area contributed by atoms with Crippen LogP contribution in [-0.4, -0.2) is 18.1 Å². The summed E-state index contributed by atoms with van der Waals surface area (Å²) >= 11 is 10.6. The van der Waals surface area contributed by atoms with E-state index in [2.05, 4.69) is 15.0 Å². The lowest BCUT2D eigenvalue weighted by Gasteiger charge is -2.10. The molecule has 104 valence electrons. The van der Waals surface area contributed by atoms with Crippen LogP contribution in [0.1, 0.15) is 5.56 Å². The first-order chi connectivity index (χ1) is 10.2. The summed E-state index contributed by atoms with van der Waals surface area (Å²) in [4.78, 5) is 12.0. The van der Waals surface area contributed by atoms with Gasteiger partial charge in [0.2, 0.25) is 5.11 Å². The molecular formula is C15H10ClN3OS. The minimum absolute atomic E-state index is 0.411. The van der Waals surface area contributed by atoms with Gasteiger partial charge in [-0.05, 0) is 42.5 Å². The Kier molecular flexibility index (Phi) is 4.03. The maximum Gasteiger partial charge on any atom is 0.220 e. The smallest absolute Gasteiger partial charge is 0.220 e. The topological polar surface area (TPSA) is 46.3 Å². The third-order valence-corrected chi connectivity index (χ3v) is 3.23. The molecule has 0 saturated heterocycles. The average molecular weight is 316 g/mol. The van der Waals surface area contributed by atoms with Gasteiger partial charge in [0, 0.05) is 16.8 Å². The van der Waals surface area contributed by atoms with Gasteiger partial charge in [-0.1, -0.05) is 23.7 Å². The molecule has 0 bridgehead atoms. The number of aliphatic imine (C=N–C) groups is 1. The highest BCUT2D eigenvalue weighted by Gasteiger charge is 2.05. The Labute approximate surface area is 131 Å². The van der Waals surface area contributed by atoms with Crippen molar-refractivity contribution in [2.24, 2.45) is 15.0 Å². The SMILES string of the molecule is Clc1ccc2c(c1)C=NCO2.S=C1N=c2ccccc2=N1. The Morgan fingerprint density at radius 2 is 1.76 bits per heavy atom. The molecule has 2 aliphatic rings. The number of para-hydroxylation sites is 2. The van der Waals surface area contributed by atoms with Crippen molar-refractivity contribution >= 4 is 35.1 Å². The fraction of sp³-hybridized carbons (Fsp3) is 0.0667. The fourth-order valence-electron chi connectivity index (χ4n) is 1.88. The number of hydrogen-bond acceptors (Lipinski definition) is 3. The monoisotopic (exact) mass is 315 g/mol. The lowest BCUT2D eigenvalue weighted by molar-refractivity contribution is 0.326. The van der Waals surface area contributed by atoms with Crippen LogP contribution in [-0.2, 0) is 0 Å². The molecule has 4 rings (SSSR count). The highest BCUT2D eigenvalue weighted by Crippen LogP contribution is 2.22. The van der Waals surface area contributed by atoms with Crippen molar-refractivity contribution in [3.8, 4) is 5.75 Å². The highest BCUT2D eigenvalue weighted by atomic mass is 35.5. The van der Waals surface area contributed by atoms with Crippen molar-refractivity contribution in [1.82, 2.24) is 0 Å². The first-order valence-electron chi connectivity index (χ1n) is 6.21. The Morgan fingerprint density at radius 3 is 2.48 bits per heavy atom. The van der Waals surface area contributed by atoms with Crippen LogP contribution in [0.3, 0.4) is 0 Å². The zero-order valence-corrected chi connectivity index (χ0v) is 12.4. The Bertz CT molecular complexity index is 811. The van der Waals surface area contributed by atoms with Gasteiger partial charge in [-0.25, -0.2) is 9.98 Å². The molecule has 0 radical (unpaired) electrons. The average Bonchev–Trinajstić information content (AvgIpc) is 2.88. The van der Waals surface area contributed by atoms with E-state index in [9.17, 15) is 0 Å². The van der Waals surface area contributed by atoms with Gasteiger partial charge in [0.15, 0.2) is 6.73 Å². The molecule has 0 aromatic heterocycles. The summed E-state index contributed by atoms with van der Waals surface area (Å²) in [5.41, 5.74) is 0.948. The Balaban J connectivity index is 0.000000126. The van der Waals surface area contributed by atoms with Gasteiger partial charge >= 0.3 is 0 Å².